The number of rotatable bonds is 10. The first-order valence-corrected chi connectivity index (χ1v) is 14.9. The largest absolute Gasteiger partial charge is 0.423 e. The molecule has 2 aromatic rings. The van der Waals surface area contributed by atoms with Gasteiger partial charge in [-0.2, -0.15) is 0 Å². The minimum Gasteiger partial charge on any atom is -0.423 e. The Balaban J connectivity index is 1.31. The number of esters is 1. The second-order valence-corrected chi connectivity index (χ2v) is 11.6. The second kappa shape index (κ2) is 13.7. The minimum atomic E-state index is -0.717. The van der Waals surface area contributed by atoms with Crippen LogP contribution in [0.15, 0.2) is 30.3 Å². The van der Waals surface area contributed by atoms with Gasteiger partial charge in [-0.25, -0.2) is 13.2 Å². The van der Waals surface area contributed by atoms with Gasteiger partial charge in [0.1, 0.15) is 0 Å². The number of hydrogen-bond acceptors (Lipinski definition) is 2. The van der Waals surface area contributed by atoms with E-state index < -0.39 is 23.4 Å². The van der Waals surface area contributed by atoms with Gasteiger partial charge < -0.3 is 4.74 Å². The summed E-state index contributed by atoms with van der Waals surface area (Å²) in [5, 5.41) is 0. The molecule has 0 N–H and O–H groups in total. The zero-order valence-corrected chi connectivity index (χ0v) is 23.0. The highest BCUT2D eigenvalue weighted by molar-refractivity contribution is 5.75. The lowest BCUT2D eigenvalue weighted by Crippen LogP contribution is -2.26. The maximum absolute atomic E-state index is 15.2. The molecule has 2 aromatic carbocycles. The van der Waals surface area contributed by atoms with E-state index >= 15 is 8.78 Å². The lowest BCUT2D eigenvalue weighted by molar-refractivity contribution is -0.140. The summed E-state index contributed by atoms with van der Waals surface area (Å²) in [7, 11) is 0. The number of ether oxygens (including phenoxy) is 1. The molecule has 0 amide bonds. The van der Waals surface area contributed by atoms with E-state index in [1.54, 1.807) is 12.1 Å². The van der Waals surface area contributed by atoms with Crippen LogP contribution < -0.4 is 4.74 Å². The zero-order valence-electron chi connectivity index (χ0n) is 23.0. The van der Waals surface area contributed by atoms with Crippen molar-refractivity contribution >= 4 is 5.97 Å². The van der Waals surface area contributed by atoms with Crippen LogP contribution in [0.1, 0.15) is 126 Å². The summed E-state index contributed by atoms with van der Waals surface area (Å²) in [5.41, 5.74) is 1.85. The van der Waals surface area contributed by atoms with Gasteiger partial charge >= 0.3 is 5.97 Å². The quantitative estimate of drug-likeness (QED) is 0.174. The van der Waals surface area contributed by atoms with Crippen LogP contribution in [0.25, 0.3) is 0 Å². The molecule has 2 aliphatic rings. The summed E-state index contributed by atoms with van der Waals surface area (Å²) < 4.78 is 50.3. The van der Waals surface area contributed by atoms with Crippen LogP contribution in [0.5, 0.6) is 5.75 Å². The van der Waals surface area contributed by atoms with Crippen LogP contribution in [0, 0.1) is 29.3 Å². The molecule has 4 rings (SSSR count). The number of benzene rings is 2. The van der Waals surface area contributed by atoms with Gasteiger partial charge in [-0.15, -0.1) is 0 Å². The Morgan fingerprint density at radius 1 is 0.789 bits per heavy atom. The maximum atomic E-state index is 15.2. The fourth-order valence-corrected chi connectivity index (χ4v) is 6.57. The van der Waals surface area contributed by atoms with Crippen molar-refractivity contribution in [2.75, 3.05) is 0 Å². The van der Waals surface area contributed by atoms with Gasteiger partial charge in [-0.3, -0.25) is 4.79 Å². The minimum absolute atomic E-state index is 0.0382. The highest BCUT2D eigenvalue weighted by atomic mass is 19.2. The summed E-state index contributed by atoms with van der Waals surface area (Å²) in [6.07, 6.45) is 12.6. The third-order valence-corrected chi connectivity index (χ3v) is 8.90. The van der Waals surface area contributed by atoms with Crippen molar-refractivity contribution < 1.29 is 22.7 Å². The first-order valence-electron chi connectivity index (χ1n) is 14.9. The summed E-state index contributed by atoms with van der Waals surface area (Å²) >= 11 is 0. The molecule has 0 aliphatic heterocycles. The fraction of sp³-hybridized carbons (Fsp3) is 0.606. The molecule has 2 saturated carbocycles. The van der Waals surface area contributed by atoms with Gasteiger partial charge in [0.25, 0.3) is 0 Å². The Bertz CT molecular complexity index is 1070. The smallest absolute Gasteiger partial charge is 0.314 e. The zero-order chi connectivity index (χ0) is 27.1. The lowest BCUT2D eigenvalue weighted by atomic mass is 9.75. The molecule has 0 atom stereocenters. The third kappa shape index (κ3) is 7.01. The fourth-order valence-electron chi connectivity index (χ4n) is 6.57. The van der Waals surface area contributed by atoms with Crippen molar-refractivity contribution in [3.63, 3.8) is 0 Å². The molecular weight excluding hydrogens is 485 g/mol. The summed E-state index contributed by atoms with van der Waals surface area (Å²) in [5.74, 6) is -2.06. The molecule has 5 heteroatoms. The number of halogens is 3. The SMILES string of the molecule is CCCCCc1ccc(OC(=O)C2CCC(c3ccc(C4CCC(CCC)CC4)c(F)c3F)CC2)c(F)c1. The van der Waals surface area contributed by atoms with E-state index in [1.807, 2.05) is 6.07 Å². The van der Waals surface area contributed by atoms with Crippen molar-refractivity contribution in [2.45, 2.75) is 116 Å². The van der Waals surface area contributed by atoms with Crippen LogP contribution in [0.2, 0.25) is 0 Å². The molecule has 0 bridgehead atoms. The summed E-state index contributed by atoms with van der Waals surface area (Å²) in [6, 6.07) is 8.37. The molecule has 0 spiro atoms. The molecule has 2 fully saturated rings. The number of unbranched alkanes of at least 4 members (excludes halogenated alkanes) is 2. The standard InChI is InChI=1S/C33H43F3O2/c1-3-5-6-8-23-11-20-30(29(34)21-23)38-33(37)26-16-14-25(15-17-26)28-19-18-27(31(35)32(28)36)24-12-9-22(7-4-2)10-13-24/h11,18-22,24-26H,3-10,12-17H2,1-2H3. The van der Waals surface area contributed by atoms with Crippen molar-refractivity contribution in [3.8, 4) is 5.75 Å². The van der Waals surface area contributed by atoms with E-state index in [0.717, 1.165) is 62.8 Å². The second-order valence-electron chi connectivity index (χ2n) is 11.6. The van der Waals surface area contributed by atoms with Gasteiger partial charge in [0.2, 0.25) is 0 Å². The Hall–Kier alpha value is -2.30. The van der Waals surface area contributed by atoms with E-state index in [0.29, 0.717) is 36.8 Å². The Morgan fingerprint density at radius 2 is 1.39 bits per heavy atom. The molecule has 208 valence electrons. The van der Waals surface area contributed by atoms with E-state index in [4.69, 9.17) is 4.74 Å². The van der Waals surface area contributed by atoms with E-state index in [1.165, 1.54) is 25.0 Å². The molecule has 2 aliphatic carbocycles. The average Bonchev–Trinajstić information content (AvgIpc) is 2.93. The summed E-state index contributed by atoms with van der Waals surface area (Å²) in [6.45, 7) is 4.32. The number of carbonyl (C=O) groups excluding carboxylic acids is 1. The van der Waals surface area contributed by atoms with Crippen molar-refractivity contribution in [1.29, 1.82) is 0 Å². The molecule has 0 saturated heterocycles. The Morgan fingerprint density at radius 3 is 1.95 bits per heavy atom. The van der Waals surface area contributed by atoms with Crippen molar-refractivity contribution in [3.05, 3.63) is 64.5 Å². The number of hydrogen-bond donors (Lipinski definition) is 0. The number of carbonyl (C=O) groups is 1. The number of aryl methyl sites for hydroxylation is 1. The molecule has 2 nitrogen and oxygen atoms in total. The van der Waals surface area contributed by atoms with Crippen LogP contribution in [-0.4, -0.2) is 5.97 Å². The van der Waals surface area contributed by atoms with Crippen molar-refractivity contribution in [2.24, 2.45) is 11.8 Å². The van der Waals surface area contributed by atoms with Crippen LogP contribution >= 0.6 is 0 Å². The third-order valence-electron chi connectivity index (χ3n) is 8.90. The maximum Gasteiger partial charge on any atom is 0.314 e. The van der Waals surface area contributed by atoms with Gasteiger partial charge in [0.15, 0.2) is 23.2 Å². The van der Waals surface area contributed by atoms with Crippen LogP contribution in [0.3, 0.4) is 0 Å². The van der Waals surface area contributed by atoms with Crippen LogP contribution in [0.4, 0.5) is 13.2 Å². The average molecular weight is 529 g/mol. The Labute approximate surface area is 226 Å². The van der Waals surface area contributed by atoms with E-state index in [-0.39, 0.29) is 23.5 Å². The first-order chi connectivity index (χ1) is 18.4. The first kappa shape index (κ1) is 28.7. The van der Waals surface area contributed by atoms with Crippen molar-refractivity contribution in [1.82, 2.24) is 0 Å². The van der Waals surface area contributed by atoms with E-state index in [2.05, 4.69) is 13.8 Å². The predicted molar refractivity (Wildman–Crippen MR) is 146 cm³/mol. The molecule has 0 unspecified atom stereocenters. The monoisotopic (exact) mass is 528 g/mol. The van der Waals surface area contributed by atoms with Gasteiger partial charge in [0.05, 0.1) is 5.92 Å². The molecule has 38 heavy (non-hydrogen) atoms. The predicted octanol–water partition coefficient (Wildman–Crippen LogP) is 9.79. The van der Waals surface area contributed by atoms with Gasteiger partial charge in [-0.05, 0) is 111 Å². The normalized spacial score (nSPS) is 23.8. The van der Waals surface area contributed by atoms with Crippen LogP contribution in [-0.2, 0) is 11.2 Å². The molecule has 0 radical (unpaired) electrons. The van der Waals surface area contributed by atoms with E-state index in [9.17, 15) is 9.18 Å². The Kier molecular flexibility index (Phi) is 10.3. The molecule has 0 heterocycles. The highest BCUT2D eigenvalue weighted by Gasteiger charge is 2.32. The topological polar surface area (TPSA) is 26.3 Å². The molecular formula is C33H43F3O2. The lowest BCUT2D eigenvalue weighted by Gasteiger charge is -2.30. The summed E-state index contributed by atoms with van der Waals surface area (Å²) in [4.78, 5) is 12.7. The highest BCUT2D eigenvalue weighted by Crippen LogP contribution is 2.42. The van der Waals surface area contributed by atoms with Gasteiger partial charge in [-0.1, -0.05) is 57.7 Å². The molecule has 0 aromatic heterocycles. The van der Waals surface area contributed by atoms with Gasteiger partial charge in [0, 0.05) is 0 Å².